The Bertz CT molecular complexity index is 1050. The zero-order chi connectivity index (χ0) is 23.4. The Morgan fingerprint density at radius 3 is 2.76 bits per heavy atom. The number of benzene rings is 2. The van der Waals surface area contributed by atoms with Crippen molar-refractivity contribution in [3.8, 4) is 0 Å². The Morgan fingerprint density at radius 2 is 2.00 bits per heavy atom. The monoisotopic (exact) mass is 451 g/mol. The molecule has 1 fully saturated rings. The van der Waals surface area contributed by atoms with Gasteiger partial charge in [-0.25, -0.2) is 9.40 Å². The number of carbonyl (C=O) groups excluding carboxylic acids is 2. The second-order valence-corrected chi connectivity index (χ2v) is 8.70. The number of aryl methyl sites for hydroxylation is 1. The molecule has 2 atom stereocenters. The number of hydrogen-bond donors (Lipinski definition) is 0. The summed E-state index contributed by atoms with van der Waals surface area (Å²) in [5, 5.41) is 6.21. The first-order valence-electron chi connectivity index (χ1n) is 11.6. The maximum absolute atomic E-state index is 13.8. The van der Waals surface area contributed by atoms with Gasteiger partial charge in [0.2, 0.25) is 0 Å². The molecule has 33 heavy (non-hydrogen) atoms. The summed E-state index contributed by atoms with van der Waals surface area (Å²) in [5.41, 5.74) is 3.49. The zero-order valence-electron chi connectivity index (χ0n) is 19.2. The van der Waals surface area contributed by atoms with Gasteiger partial charge in [-0.3, -0.25) is 14.5 Å². The van der Waals surface area contributed by atoms with Crippen molar-refractivity contribution in [3.05, 3.63) is 71.0 Å². The highest BCUT2D eigenvalue weighted by atomic mass is 19.1. The molecule has 7 heteroatoms. The van der Waals surface area contributed by atoms with Crippen LogP contribution in [0.4, 0.5) is 4.39 Å². The first-order valence-corrected chi connectivity index (χ1v) is 11.6. The summed E-state index contributed by atoms with van der Waals surface area (Å²) < 4.78 is 19.0. The largest absolute Gasteiger partial charge is 0.466 e. The van der Waals surface area contributed by atoms with Crippen LogP contribution in [0.5, 0.6) is 0 Å². The number of ether oxygens (including phenoxy) is 1. The number of halogens is 1. The maximum atomic E-state index is 13.8. The normalized spacial score (nSPS) is 21.1. The average Bonchev–Trinajstić information content (AvgIpc) is 3.25. The van der Waals surface area contributed by atoms with Crippen molar-refractivity contribution in [2.24, 2.45) is 11.0 Å². The van der Waals surface area contributed by atoms with Crippen molar-refractivity contribution in [1.29, 1.82) is 0 Å². The Balaban J connectivity index is 1.55. The molecule has 174 valence electrons. The molecule has 0 aromatic heterocycles. The van der Waals surface area contributed by atoms with Crippen molar-refractivity contribution in [2.75, 3.05) is 26.2 Å². The summed E-state index contributed by atoms with van der Waals surface area (Å²) in [6, 6.07) is 14.0. The van der Waals surface area contributed by atoms with E-state index in [1.807, 2.05) is 42.2 Å². The van der Waals surface area contributed by atoms with Crippen molar-refractivity contribution in [2.45, 2.75) is 39.2 Å². The molecule has 0 spiro atoms. The van der Waals surface area contributed by atoms with Crippen molar-refractivity contribution in [3.63, 3.8) is 0 Å². The lowest BCUT2D eigenvalue weighted by atomic mass is 9.95. The lowest BCUT2D eigenvalue weighted by Gasteiger charge is -2.32. The molecule has 2 aliphatic rings. The number of likely N-dealkylation sites (tertiary alicyclic amines) is 1. The summed E-state index contributed by atoms with van der Waals surface area (Å²) in [4.78, 5) is 27.6. The molecule has 1 saturated heterocycles. The van der Waals surface area contributed by atoms with Crippen LogP contribution in [0.15, 0.2) is 53.6 Å². The highest BCUT2D eigenvalue weighted by molar-refractivity contribution is 6.03. The SMILES string of the molecule is CCOC(=O)[C@@H]1CCCN(CC(=O)N2N=C(c3cccc(F)c3)C[C@H]2c2ccccc2C)C1. The van der Waals surface area contributed by atoms with Gasteiger partial charge in [-0.15, -0.1) is 0 Å². The zero-order valence-corrected chi connectivity index (χ0v) is 19.2. The van der Waals surface area contributed by atoms with Crippen LogP contribution in [0.3, 0.4) is 0 Å². The van der Waals surface area contributed by atoms with Crippen LogP contribution in [0, 0.1) is 18.7 Å². The fourth-order valence-corrected chi connectivity index (χ4v) is 4.70. The fraction of sp³-hybridized carbons (Fsp3) is 0.423. The predicted octanol–water partition coefficient (Wildman–Crippen LogP) is 4.09. The van der Waals surface area contributed by atoms with E-state index in [4.69, 9.17) is 4.74 Å². The van der Waals surface area contributed by atoms with Crippen LogP contribution in [0.25, 0.3) is 0 Å². The minimum atomic E-state index is -0.328. The number of amides is 1. The Hall–Kier alpha value is -3.06. The molecule has 2 aliphatic heterocycles. The Kier molecular flexibility index (Phi) is 7.18. The van der Waals surface area contributed by atoms with Crippen LogP contribution in [0.1, 0.15) is 48.9 Å². The van der Waals surface area contributed by atoms with E-state index in [1.165, 1.54) is 12.1 Å². The summed E-state index contributed by atoms with van der Waals surface area (Å²) in [7, 11) is 0. The van der Waals surface area contributed by atoms with E-state index in [0.717, 1.165) is 30.5 Å². The van der Waals surface area contributed by atoms with E-state index in [0.29, 0.717) is 30.8 Å². The molecule has 2 aromatic rings. The first kappa shape index (κ1) is 23.1. The third kappa shape index (κ3) is 5.30. The summed E-state index contributed by atoms with van der Waals surface area (Å²) in [5.74, 6) is -0.853. The van der Waals surface area contributed by atoms with Gasteiger partial charge >= 0.3 is 5.97 Å². The number of rotatable bonds is 6. The Morgan fingerprint density at radius 1 is 1.18 bits per heavy atom. The van der Waals surface area contributed by atoms with Gasteiger partial charge in [0, 0.05) is 18.5 Å². The second-order valence-electron chi connectivity index (χ2n) is 8.70. The molecule has 0 saturated carbocycles. The highest BCUT2D eigenvalue weighted by Gasteiger charge is 2.36. The minimum absolute atomic E-state index is 0.126. The molecule has 2 heterocycles. The number of carbonyl (C=O) groups is 2. The van der Waals surface area contributed by atoms with Crippen molar-refractivity contribution in [1.82, 2.24) is 9.91 Å². The Labute approximate surface area is 194 Å². The minimum Gasteiger partial charge on any atom is -0.466 e. The lowest BCUT2D eigenvalue weighted by molar-refractivity contribution is -0.150. The van der Waals surface area contributed by atoms with Gasteiger partial charge in [-0.2, -0.15) is 5.10 Å². The van der Waals surface area contributed by atoms with Crippen molar-refractivity contribution >= 4 is 17.6 Å². The summed E-state index contributed by atoms with van der Waals surface area (Å²) in [6.07, 6.45) is 2.14. The van der Waals surface area contributed by atoms with E-state index in [9.17, 15) is 14.0 Å². The molecule has 2 aromatic carbocycles. The van der Waals surface area contributed by atoms with Crippen LogP contribution in [0.2, 0.25) is 0 Å². The molecule has 0 radical (unpaired) electrons. The van der Waals surface area contributed by atoms with Crippen molar-refractivity contribution < 1.29 is 18.7 Å². The molecule has 1 amide bonds. The first-order chi connectivity index (χ1) is 16.0. The van der Waals surface area contributed by atoms with E-state index >= 15 is 0 Å². The van der Waals surface area contributed by atoms with E-state index < -0.39 is 0 Å². The molecule has 0 bridgehead atoms. The molecule has 0 aliphatic carbocycles. The van der Waals surface area contributed by atoms with Crippen LogP contribution < -0.4 is 0 Å². The van der Waals surface area contributed by atoms with Gasteiger partial charge in [-0.05, 0) is 56.5 Å². The van der Waals surface area contributed by atoms with Crippen LogP contribution in [-0.4, -0.2) is 53.7 Å². The molecule has 0 N–H and O–H groups in total. The molecular formula is C26H30FN3O3. The van der Waals surface area contributed by atoms with Gasteiger partial charge < -0.3 is 4.74 Å². The number of hydrogen-bond acceptors (Lipinski definition) is 5. The lowest BCUT2D eigenvalue weighted by Crippen LogP contribution is -2.44. The van der Waals surface area contributed by atoms with E-state index in [1.54, 1.807) is 18.0 Å². The van der Waals surface area contributed by atoms with Gasteiger partial charge in [-0.1, -0.05) is 36.4 Å². The number of nitrogens with zero attached hydrogens (tertiary/aromatic N) is 3. The standard InChI is InChI=1S/C26H30FN3O3/c1-3-33-26(32)20-10-7-13-29(16-20)17-25(31)30-24(22-12-5-4-8-18(22)2)15-23(28-30)19-9-6-11-21(27)14-19/h4-6,8-9,11-12,14,20,24H,3,7,10,13,15-17H2,1-2H3/t20-,24+/m1/s1. The van der Waals surface area contributed by atoms with Gasteiger partial charge in [0.15, 0.2) is 0 Å². The van der Waals surface area contributed by atoms with E-state index in [2.05, 4.69) is 5.10 Å². The third-order valence-electron chi connectivity index (χ3n) is 6.36. The molecular weight excluding hydrogens is 421 g/mol. The summed E-state index contributed by atoms with van der Waals surface area (Å²) in [6.45, 7) is 5.62. The number of piperidine rings is 1. The van der Waals surface area contributed by atoms with Gasteiger partial charge in [0.25, 0.3) is 5.91 Å². The van der Waals surface area contributed by atoms with Gasteiger partial charge in [0.1, 0.15) is 5.82 Å². The molecule has 0 unspecified atom stereocenters. The molecule has 6 nitrogen and oxygen atoms in total. The average molecular weight is 452 g/mol. The fourth-order valence-electron chi connectivity index (χ4n) is 4.70. The predicted molar refractivity (Wildman–Crippen MR) is 124 cm³/mol. The maximum Gasteiger partial charge on any atom is 0.310 e. The molecule has 4 rings (SSSR count). The topological polar surface area (TPSA) is 62.2 Å². The van der Waals surface area contributed by atoms with Gasteiger partial charge in [0.05, 0.1) is 30.8 Å². The highest BCUT2D eigenvalue weighted by Crippen LogP contribution is 2.34. The number of esters is 1. The summed E-state index contributed by atoms with van der Waals surface area (Å²) >= 11 is 0. The smallest absolute Gasteiger partial charge is 0.310 e. The van der Waals surface area contributed by atoms with E-state index in [-0.39, 0.29) is 36.2 Å². The quantitative estimate of drug-likeness (QED) is 0.621. The van der Waals surface area contributed by atoms with Crippen LogP contribution in [-0.2, 0) is 14.3 Å². The third-order valence-corrected chi connectivity index (χ3v) is 6.36. The number of hydrazone groups is 1. The van der Waals surface area contributed by atoms with Crippen LogP contribution >= 0.6 is 0 Å². The second kappa shape index (κ2) is 10.3.